The van der Waals surface area contributed by atoms with Crippen LogP contribution in [0.1, 0.15) is 5.69 Å². The third-order valence-electron chi connectivity index (χ3n) is 1.31. The zero-order valence-electron chi connectivity index (χ0n) is 6.40. The number of rotatable bonds is 2. The fourth-order valence-corrected chi connectivity index (χ4v) is 1.16. The molecule has 5 nitrogen and oxygen atoms in total. The minimum absolute atomic E-state index is 0.358. The summed E-state index contributed by atoms with van der Waals surface area (Å²) >= 11 is 3.06. The SMILES string of the molecule is CNCc1[nH]c(=O)[nH]c(=O)c1Br. The molecule has 0 spiro atoms. The average Bonchev–Trinajstić information content (AvgIpc) is 2.00. The van der Waals surface area contributed by atoms with Gasteiger partial charge in [0, 0.05) is 6.54 Å². The molecule has 0 radical (unpaired) electrons. The maximum Gasteiger partial charge on any atom is 0.325 e. The average molecular weight is 234 g/mol. The third-order valence-corrected chi connectivity index (χ3v) is 2.15. The second-order valence-corrected chi connectivity index (χ2v) is 3.02. The van der Waals surface area contributed by atoms with E-state index < -0.39 is 11.2 Å². The van der Waals surface area contributed by atoms with Gasteiger partial charge in [0.1, 0.15) is 4.47 Å². The Morgan fingerprint density at radius 1 is 1.42 bits per heavy atom. The number of hydrogen-bond donors (Lipinski definition) is 3. The molecule has 0 bridgehead atoms. The van der Waals surface area contributed by atoms with Crippen molar-refractivity contribution in [1.29, 1.82) is 0 Å². The minimum Gasteiger partial charge on any atom is -0.314 e. The van der Waals surface area contributed by atoms with Crippen LogP contribution in [-0.2, 0) is 6.54 Å². The Morgan fingerprint density at radius 2 is 2.08 bits per heavy atom. The van der Waals surface area contributed by atoms with Gasteiger partial charge in [-0.25, -0.2) is 4.79 Å². The zero-order chi connectivity index (χ0) is 9.14. The van der Waals surface area contributed by atoms with Crippen LogP contribution in [0.2, 0.25) is 0 Å². The Kier molecular flexibility index (Phi) is 2.83. The second-order valence-electron chi connectivity index (χ2n) is 2.23. The van der Waals surface area contributed by atoms with Crippen LogP contribution >= 0.6 is 15.9 Å². The summed E-state index contributed by atoms with van der Waals surface area (Å²) in [5, 5.41) is 2.83. The molecule has 3 N–H and O–H groups in total. The van der Waals surface area contributed by atoms with E-state index in [9.17, 15) is 9.59 Å². The highest BCUT2D eigenvalue weighted by Crippen LogP contribution is 2.04. The molecule has 1 aromatic heterocycles. The molecule has 0 aliphatic rings. The van der Waals surface area contributed by atoms with Crippen LogP contribution in [0.4, 0.5) is 0 Å². The number of H-pyrrole nitrogens is 2. The Labute approximate surface area is 76.3 Å². The largest absolute Gasteiger partial charge is 0.325 e. The van der Waals surface area contributed by atoms with E-state index in [-0.39, 0.29) is 0 Å². The van der Waals surface area contributed by atoms with Gasteiger partial charge in [-0.2, -0.15) is 0 Å². The van der Waals surface area contributed by atoms with Crippen LogP contribution in [0.25, 0.3) is 0 Å². The van der Waals surface area contributed by atoms with Crippen molar-refractivity contribution in [3.05, 3.63) is 31.0 Å². The lowest BCUT2D eigenvalue weighted by atomic mass is 10.4. The van der Waals surface area contributed by atoms with Gasteiger partial charge in [0.2, 0.25) is 0 Å². The number of halogens is 1. The van der Waals surface area contributed by atoms with Gasteiger partial charge in [0.15, 0.2) is 0 Å². The van der Waals surface area contributed by atoms with Gasteiger partial charge < -0.3 is 10.3 Å². The Bertz CT molecular complexity index is 381. The molecule has 1 rings (SSSR count). The molecule has 0 aromatic carbocycles. The van der Waals surface area contributed by atoms with Crippen LogP contribution < -0.4 is 16.6 Å². The second kappa shape index (κ2) is 3.68. The molecule has 0 atom stereocenters. The van der Waals surface area contributed by atoms with E-state index in [4.69, 9.17) is 0 Å². The summed E-state index contributed by atoms with van der Waals surface area (Å²) in [5.74, 6) is 0. The summed E-state index contributed by atoms with van der Waals surface area (Å²) in [7, 11) is 1.73. The van der Waals surface area contributed by atoms with Crippen molar-refractivity contribution in [2.75, 3.05) is 7.05 Å². The van der Waals surface area contributed by atoms with Crippen molar-refractivity contribution < 1.29 is 0 Å². The standard InChI is InChI=1S/C6H8BrN3O2/c1-8-2-3-4(7)5(11)10-6(12)9-3/h8H,2H2,1H3,(H2,9,10,11,12). The molecule has 0 fully saturated rings. The first kappa shape index (κ1) is 9.21. The summed E-state index contributed by atoms with van der Waals surface area (Å²) in [6.07, 6.45) is 0. The van der Waals surface area contributed by atoms with Gasteiger partial charge in [-0.15, -0.1) is 0 Å². The Balaban J connectivity index is 3.28. The van der Waals surface area contributed by atoms with Crippen molar-refractivity contribution in [2.24, 2.45) is 0 Å². The molecule has 1 aromatic rings. The normalized spacial score (nSPS) is 10.2. The number of nitrogens with one attached hydrogen (secondary N) is 3. The van der Waals surface area contributed by atoms with Gasteiger partial charge in [-0.1, -0.05) is 0 Å². The monoisotopic (exact) mass is 233 g/mol. The van der Waals surface area contributed by atoms with Crippen molar-refractivity contribution in [3.8, 4) is 0 Å². The lowest BCUT2D eigenvalue weighted by Crippen LogP contribution is -2.26. The summed E-state index contributed by atoms with van der Waals surface area (Å²) < 4.78 is 0.358. The van der Waals surface area contributed by atoms with Gasteiger partial charge in [-0.3, -0.25) is 9.78 Å². The van der Waals surface area contributed by atoms with Gasteiger partial charge >= 0.3 is 5.69 Å². The van der Waals surface area contributed by atoms with Crippen LogP contribution in [0.5, 0.6) is 0 Å². The number of hydrogen-bond acceptors (Lipinski definition) is 3. The van der Waals surface area contributed by atoms with E-state index in [0.29, 0.717) is 16.7 Å². The molecular weight excluding hydrogens is 226 g/mol. The lowest BCUT2D eigenvalue weighted by molar-refractivity contribution is 0.768. The van der Waals surface area contributed by atoms with Crippen molar-refractivity contribution >= 4 is 15.9 Å². The fourth-order valence-electron chi connectivity index (χ4n) is 0.817. The van der Waals surface area contributed by atoms with Gasteiger partial charge in [0.05, 0.1) is 5.69 Å². The van der Waals surface area contributed by atoms with Crippen LogP contribution in [0.15, 0.2) is 14.1 Å². The predicted molar refractivity (Wildman–Crippen MR) is 48.1 cm³/mol. The minimum atomic E-state index is -0.492. The summed E-state index contributed by atoms with van der Waals surface area (Å²) in [5.41, 5.74) is -0.358. The molecule has 6 heteroatoms. The summed E-state index contributed by atoms with van der Waals surface area (Å²) in [6, 6.07) is 0. The molecule has 0 saturated carbocycles. The molecule has 0 amide bonds. The topological polar surface area (TPSA) is 77.8 Å². The third kappa shape index (κ3) is 1.83. The van der Waals surface area contributed by atoms with Crippen LogP contribution in [-0.4, -0.2) is 17.0 Å². The Morgan fingerprint density at radius 3 is 2.67 bits per heavy atom. The molecule has 0 saturated heterocycles. The Hall–Kier alpha value is -0.880. The first-order valence-electron chi connectivity index (χ1n) is 3.30. The predicted octanol–water partition coefficient (Wildman–Crippen LogP) is -0.455. The van der Waals surface area contributed by atoms with E-state index in [1.165, 1.54) is 0 Å². The van der Waals surface area contributed by atoms with Gasteiger partial charge in [0.25, 0.3) is 5.56 Å². The van der Waals surface area contributed by atoms with Crippen LogP contribution in [0, 0.1) is 0 Å². The number of aromatic amines is 2. The van der Waals surface area contributed by atoms with Crippen molar-refractivity contribution in [2.45, 2.75) is 6.54 Å². The first-order chi connectivity index (χ1) is 5.65. The number of aromatic nitrogens is 2. The molecule has 0 aliphatic carbocycles. The van der Waals surface area contributed by atoms with E-state index in [0.717, 1.165) is 0 Å². The van der Waals surface area contributed by atoms with Crippen molar-refractivity contribution in [1.82, 2.24) is 15.3 Å². The quantitative estimate of drug-likeness (QED) is 0.648. The van der Waals surface area contributed by atoms with Crippen LogP contribution in [0.3, 0.4) is 0 Å². The molecule has 12 heavy (non-hydrogen) atoms. The molecular formula is C6H8BrN3O2. The first-order valence-corrected chi connectivity index (χ1v) is 4.10. The highest BCUT2D eigenvalue weighted by atomic mass is 79.9. The molecule has 0 aliphatic heterocycles. The highest BCUT2D eigenvalue weighted by Gasteiger charge is 2.03. The fraction of sp³-hybridized carbons (Fsp3) is 0.333. The van der Waals surface area contributed by atoms with Crippen molar-refractivity contribution in [3.63, 3.8) is 0 Å². The molecule has 0 unspecified atom stereocenters. The van der Waals surface area contributed by atoms with E-state index in [1.807, 2.05) is 0 Å². The zero-order valence-corrected chi connectivity index (χ0v) is 7.99. The summed E-state index contributed by atoms with van der Waals surface area (Å²) in [4.78, 5) is 26.4. The molecule has 1 heterocycles. The van der Waals surface area contributed by atoms with Gasteiger partial charge in [-0.05, 0) is 23.0 Å². The molecule has 66 valence electrons. The maximum absolute atomic E-state index is 11.0. The van der Waals surface area contributed by atoms with E-state index >= 15 is 0 Å². The lowest BCUT2D eigenvalue weighted by Gasteiger charge is -2.00. The maximum atomic E-state index is 11.0. The van der Waals surface area contributed by atoms with E-state index in [1.54, 1.807) is 7.05 Å². The summed E-state index contributed by atoms with van der Waals surface area (Å²) in [6.45, 7) is 0.444. The highest BCUT2D eigenvalue weighted by molar-refractivity contribution is 9.10. The van der Waals surface area contributed by atoms with E-state index in [2.05, 4.69) is 31.2 Å². The smallest absolute Gasteiger partial charge is 0.314 e.